The van der Waals surface area contributed by atoms with Crippen LogP contribution in [-0.4, -0.2) is 45.8 Å². The molecule has 1 aliphatic rings. The number of likely N-dealkylation sites (tertiary alicyclic amines) is 1. The van der Waals surface area contributed by atoms with Crippen molar-refractivity contribution in [3.05, 3.63) is 35.4 Å². The Hall–Kier alpha value is -2.08. The highest BCUT2D eigenvalue weighted by Gasteiger charge is 2.27. The molecule has 1 saturated heterocycles. The van der Waals surface area contributed by atoms with Crippen molar-refractivity contribution in [1.82, 2.24) is 10.2 Å². The van der Waals surface area contributed by atoms with Gasteiger partial charge in [-0.25, -0.2) is 9.59 Å². The second-order valence-corrected chi connectivity index (χ2v) is 5.38. The Morgan fingerprint density at radius 1 is 1.33 bits per heavy atom. The maximum atomic E-state index is 12.1. The Kier molecular flexibility index (Phi) is 4.80. The fourth-order valence-corrected chi connectivity index (χ4v) is 2.49. The molecule has 1 aromatic rings. The van der Waals surface area contributed by atoms with E-state index < -0.39 is 5.97 Å². The van der Waals surface area contributed by atoms with E-state index in [1.54, 1.807) is 17.0 Å². The van der Waals surface area contributed by atoms with Gasteiger partial charge in [0.25, 0.3) is 0 Å². The molecule has 0 radical (unpaired) electrons. The molecule has 1 aromatic carbocycles. The second kappa shape index (κ2) is 6.58. The molecule has 114 valence electrons. The van der Waals surface area contributed by atoms with Gasteiger partial charge in [-0.1, -0.05) is 12.1 Å². The summed E-state index contributed by atoms with van der Waals surface area (Å²) >= 11 is 0. The number of carbonyl (C=O) groups is 2. The van der Waals surface area contributed by atoms with Crippen molar-refractivity contribution in [2.45, 2.75) is 38.5 Å². The van der Waals surface area contributed by atoms with Gasteiger partial charge in [-0.15, -0.1) is 0 Å². The molecule has 2 atom stereocenters. The Labute approximate surface area is 123 Å². The van der Waals surface area contributed by atoms with Gasteiger partial charge in [0.1, 0.15) is 0 Å². The van der Waals surface area contributed by atoms with E-state index in [1.165, 1.54) is 12.1 Å². The molecule has 0 bridgehead atoms. The zero-order valence-electron chi connectivity index (χ0n) is 12.0. The highest BCUT2D eigenvalue weighted by Crippen LogP contribution is 2.17. The average Bonchev–Trinajstić information content (AvgIpc) is 2.45. The number of carboxylic acid groups (broad SMARTS) is 1. The number of aliphatic hydroxyl groups excluding tert-OH is 1. The smallest absolute Gasteiger partial charge is 0.335 e. The SMILES string of the molecule is C[C@H]1C[C@@H](O)CCN1C(=O)NCc1ccc(C(=O)O)cc1. The Bertz CT molecular complexity index is 515. The van der Waals surface area contributed by atoms with Gasteiger partial charge >= 0.3 is 12.0 Å². The summed E-state index contributed by atoms with van der Waals surface area (Å²) in [5, 5.41) is 21.2. The summed E-state index contributed by atoms with van der Waals surface area (Å²) in [6.45, 7) is 2.82. The monoisotopic (exact) mass is 292 g/mol. The van der Waals surface area contributed by atoms with Crippen LogP contribution in [0.5, 0.6) is 0 Å². The lowest BCUT2D eigenvalue weighted by atomic mass is 10.0. The van der Waals surface area contributed by atoms with E-state index in [4.69, 9.17) is 5.11 Å². The van der Waals surface area contributed by atoms with Crippen molar-refractivity contribution >= 4 is 12.0 Å². The van der Waals surface area contributed by atoms with Gasteiger partial charge in [0, 0.05) is 19.1 Å². The topological polar surface area (TPSA) is 89.9 Å². The number of carbonyl (C=O) groups excluding carboxylic acids is 1. The Balaban J connectivity index is 1.87. The lowest BCUT2D eigenvalue weighted by molar-refractivity contribution is 0.0647. The summed E-state index contributed by atoms with van der Waals surface area (Å²) in [6, 6.07) is 6.27. The molecule has 1 aliphatic heterocycles. The van der Waals surface area contributed by atoms with Crippen molar-refractivity contribution in [2.24, 2.45) is 0 Å². The van der Waals surface area contributed by atoms with Crippen molar-refractivity contribution in [3.8, 4) is 0 Å². The summed E-state index contributed by atoms with van der Waals surface area (Å²) in [4.78, 5) is 24.6. The predicted molar refractivity (Wildman–Crippen MR) is 77.0 cm³/mol. The highest BCUT2D eigenvalue weighted by atomic mass is 16.4. The summed E-state index contributed by atoms with van der Waals surface area (Å²) in [5.74, 6) is -0.966. The van der Waals surface area contributed by atoms with Crippen LogP contribution in [0.3, 0.4) is 0 Å². The molecule has 0 aliphatic carbocycles. The van der Waals surface area contributed by atoms with Crippen LogP contribution >= 0.6 is 0 Å². The van der Waals surface area contributed by atoms with Crippen LogP contribution in [-0.2, 0) is 6.54 Å². The average molecular weight is 292 g/mol. The summed E-state index contributed by atoms with van der Waals surface area (Å²) in [7, 11) is 0. The molecule has 2 rings (SSSR count). The number of aliphatic hydroxyl groups is 1. The van der Waals surface area contributed by atoms with Crippen LogP contribution in [0.1, 0.15) is 35.7 Å². The third kappa shape index (κ3) is 3.95. The lowest BCUT2D eigenvalue weighted by Gasteiger charge is -2.35. The molecule has 0 aromatic heterocycles. The van der Waals surface area contributed by atoms with E-state index in [1.807, 2.05) is 6.92 Å². The number of amides is 2. The third-order valence-electron chi connectivity index (χ3n) is 3.75. The minimum absolute atomic E-state index is 0.0168. The van der Waals surface area contributed by atoms with Gasteiger partial charge in [-0.3, -0.25) is 0 Å². The van der Waals surface area contributed by atoms with Crippen LogP contribution < -0.4 is 5.32 Å². The van der Waals surface area contributed by atoms with Crippen molar-refractivity contribution in [2.75, 3.05) is 6.54 Å². The molecule has 1 fully saturated rings. The highest BCUT2D eigenvalue weighted by molar-refractivity contribution is 5.87. The zero-order chi connectivity index (χ0) is 15.4. The number of hydrogen-bond donors (Lipinski definition) is 3. The van der Waals surface area contributed by atoms with Crippen LogP contribution in [0, 0.1) is 0 Å². The zero-order valence-corrected chi connectivity index (χ0v) is 12.0. The maximum absolute atomic E-state index is 12.1. The quantitative estimate of drug-likeness (QED) is 0.786. The summed E-state index contributed by atoms with van der Waals surface area (Å²) < 4.78 is 0. The molecular formula is C15H20N2O4. The molecule has 21 heavy (non-hydrogen) atoms. The molecule has 0 unspecified atom stereocenters. The van der Waals surface area contributed by atoms with Crippen LogP contribution in [0.2, 0.25) is 0 Å². The molecule has 6 nitrogen and oxygen atoms in total. The number of piperidine rings is 1. The third-order valence-corrected chi connectivity index (χ3v) is 3.75. The number of rotatable bonds is 3. The number of nitrogens with one attached hydrogen (secondary N) is 1. The largest absolute Gasteiger partial charge is 0.478 e. The van der Waals surface area contributed by atoms with E-state index in [2.05, 4.69) is 5.32 Å². The minimum atomic E-state index is -0.966. The van der Waals surface area contributed by atoms with Gasteiger partial charge in [0.2, 0.25) is 0 Å². The van der Waals surface area contributed by atoms with E-state index in [0.717, 1.165) is 5.56 Å². The number of nitrogens with zero attached hydrogens (tertiary/aromatic N) is 1. The fourth-order valence-electron chi connectivity index (χ4n) is 2.49. The van der Waals surface area contributed by atoms with Gasteiger partial charge in [0.05, 0.1) is 11.7 Å². The van der Waals surface area contributed by atoms with Crippen molar-refractivity contribution < 1.29 is 19.8 Å². The van der Waals surface area contributed by atoms with Crippen molar-refractivity contribution in [3.63, 3.8) is 0 Å². The van der Waals surface area contributed by atoms with Crippen molar-refractivity contribution in [1.29, 1.82) is 0 Å². The minimum Gasteiger partial charge on any atom is -0.478 e. The van der Waals surface area contributed by atoms with Crippen LogP contribution in [0.4, 0.5) is 4.79 Å². The standard InChI is InChI=1S/C15H20N2O4/c1-10-8-13(18)6-7-17(10)15(21)16-9-11-2-4-12(5-3-11)14(19)20/h2-5,10,13,18H,6-9H2,1H3,(H,16,21)(H,19,20)/t10-,13-/m0/s1. The number of hydrogen-bond acceptors (Lipinski definition) is 3. The van der Waals surface area contributed by atoms with E-state index in [0.29, 0.717) is 25.9 Å². The lowest BCUT2D eigenvalue weighted by Crippen LogP contribution is -2.50. The molecule has 2 amide bonds. The first-order valence-electron chi connectivity index (χ1n) is 7.02. The van der Waals surface area contributed by atoms with Crippen LogP contribution in [0.15, 0.2) is 24.3 Å². The molecular weight excluding hydrogens is 272 g/mol. The van der Waals surface area contributed by atoms with Crippen LogP contribution in [0.25, 0.3) is 0 Å². The molecule has 0 saturated carbocycles. The van der Waals surface area contributed by atoms with Gasteiger partial charge in [-0.2, -0.15) is 0 Å². The summed E-state index contributed by atoms with van der Waals surface area (Å²) in [6.07, 6.45) is 0.874. The molecule has 1 heterocycles. The molecule has 6 heteroatoms. The Morgan fingerprint density at radius 2 is 2.00 bits per heavy atom. The van der Waals surface area contributed by atoms with E-state index >= 15 is 0 Å². The molecule has 3 N–H and O–H groups in total. The predicted octanol–water partition coefficient (Wildman–Crippen LogP) is 1.44. The maximum Gasteiger partial charge on any atom is 0.335 e. The molecule has 0 spiro atoms. The summed E-state index contributed by atoms with van der Waals surface area (Å²) in [5.41, 5.74) is 1.07. The number of urea groups is 1. The Morgan fingerprint density at radius 3 is 2.57 bits per heavy atom. The number of carboxylic acids is 1. The number of benzene rings is 1. The van der Waals surface area contributed by atoms with E-state index in [-0.39, 0.29) is 23.7 Å². The second-order valence-electron chi connectivity index (χ2n) is 5.38. The van der Waals surface area contributed by atoms with Gasteiger partial charge in [-0.05, 0) is 37.5 Å². The first-order chi connectivity index (χ1) is 9.97. The normalized spacial score (nSPS) is 21.9. The van der Waals surface area contributed by atoms with Gasteiger partial charge in [0.15, 0.2) is 0 Å². The first kappa shape index (κ1) is 15.3. The fraction of sp³-hybridized carbons (Fsp3) is 0.467. The van der Waals surface area contributed by atoms with Gasteiger partial charge < -0.3 is 20.4 Å². The van der Waals surface area contributed by atoms with E-state index in [9.17, 15) is 14.7 Å². The number of aromatic carboxylic acids is 1. The first-order valence-corrected chi connectivity index (χ1v) is 7.02.